The zero-order valence-corrected chi connectivity index (χ0v) is 12.0. The zero-order chi connectivity index (χ0) is 13.9. The fraction of sp³-hybridized carbons (Fsp3) is 0.471. The van der Waals surface area contributed by atoms with Gasteiger partial charge >= 0.3 is 5.97 Å². The Morgan fingerprint density at radius 3 is 2.53 bits per heavy atom. The first kappa shape index (κ1) is 15.5. The van der Waals surface area contributed by atoms with E-state index in [4.69, 9.17) is 4.74 Å². The van der Waals surface area contributed by atoms with Crippen LogP contribution in [0.15, 0.2) is 30.3 Å². The number of aryl methyl sites for hydroxylation is 1. The van der Waals surface area contributed by atoms with E-state index in [0.29, 0.717) is 6.61 Å². The molecule has 0 unspecified atom stereocenters. The Morgan fingerprint density at radius 1 is 1.16 bits per heavy atom. The molecule has 2 nitrogen and oxygen atoms in total. The minimum absolute atomic E-state index is 0.243. The van der Waals surface area contributed by atoms with E-state index in [1.165, 1.54) is 38.2 Å². The van der Waals surface area contributed by atoms with E-state index in [0.717, 1.165) is 12.0 Å². The van der Waals surface area contributed by atoms with Crippen molar-refractivity contribution in [2.45, 2.75) is 46.0 Å². The number of hydrogen-bond donors (Lipinski definition) is 0. The number of esters is 1. The molecule has 0 aliphatic carbocycles. The topological polar surface area (TPSA) is 26.3 Å². The Balaban J connectivity index is 2.32. The van der Waals surface area contributed by atoms with Crippen LogP contribution in [0.1, 0.15) is 50.7 Å². The maximum absolute atomic E-state index is 10.6. The third-order valence-corrected chi connectivity index (χ3v) is 2.99. The summed E-state index contributed by atoms with van der Waals surface area (Å²) < 4.78 is 4.84. The van der Waals surface area contributed by atoms with Crippen LogP contribution in [0.2, 0.25) is 0 Å². The number of benzene rings is 1. The molecule has 0 amide bonds. The molecule has 0 saturated heterocycles. The van der Waals surface area contributed by atoms with Gasteiger partial charge in [0.2, 0.25) is 0 Å². The second kappa shape index (κ2) is 9.37. The van der Waals surface area contributed by atoms with Gasteiger partial charge in [-0.15, -0.1) is 0 Å². The van der Waals surface area contributed by atoms with Gasteiger partial charge in [-0.2, -0.15) is 0 Å². The van der Waals surface area contributed by atoms with Crippen LogP contribution in [-0.4, -0.2) is 12.6 Å². The lowest BCUT2D eigenvalue weighted by Gasteiger charge is -2.02. The summed E-state index contributed by atoms with van der Waals surface area (Å²) in [6.45, 7) is 3.99. The Labute approximate surface area is 116 Å². The summed E-state index contributed by atoms with van der Waals surface area (Å²) in [4.78, 5) is 10.6. The van der Waals surface area contributed by atoms with Gasteiger partial charge < -0.3 is 4.74 Å². The van der Waals surface area contributed by atoms with Gasteiger partial charge in [0.15, 0.2) is 0 Å². The minimum Gasteiger partial charge on any atom is -0.462 e. The van der Waals surface area contributed by atoms with Crippen molar-refractivity contribution in [3.05, 3.63) is 41.5 Å². The number of hydrogen-bond acceptors (Lipinski definition) is 2. The van der Waals surface area contributed by atoms with E-state index < -0.39 is 0 Å². The average molecular weight is 260 g/mol. The van der Waals surface area contributed by atoms with Crippen molar-refractivity contribution in [2.24, 2.45) is 0 Å². The second-order valence-electron chi connectivity index (χ2n) is 4.76. The van der Waals surface area contributed by atoms with E-state index in [-0.39, 0.29) is 5.97 Å². The zero-order valence-electron chi connectivity index (χ0n) is 12.0. The number of carbonyl (C=O) groups is 1. The molecule has 0 saturated carbocycles. The maximum Gasteiger partial charge on any atom is 0.302 e. The van der Waals surface area contributed by atoms with Crippen molar-refractivity contribution in [2.75, 3.05) is 6.61 Å². The van der Waals surface area contributed by atoms with Gasteiger partial charge in [-0.3, -0.25) is 4.79 Å². The molecule has 0 aliphatic heterocycles. The molecule has 0 bridgehead atoms. The van der Waals surface area contributed by atoms with Crippen LogP contribution in [0.25, 0.3) is 6.08 Å². The Kier molecular flexibility index (Phi) is 7.64. The molecule has 0 spiro atoms. The van der Waals surface area contributed by atoms with Crippen LogP contribution < -0.4 is 0 Å². The molecule has 0 atom stereocenters. The van der Waals surface area contributed by atoms with Crippen molar-refractivity contribution in [3.63, 3.8) is 0 Å². The summed E-state index contributed by atoms with van der Waals surface area (Å²) >= 11 is 0. The summed E-state index contributed by atoms with van der Waals surface area (Å²) in [5.74, 6) is -0.243. The van der Waals surface area contributed by atoms with Crippen LogP contribution in [-0.2, 0) is 16.0 Å². The molecule has 1 aromatic carbocycles. The normalized spacial score (nSPS) is 10.8. The summed E-state index contributed by atoms with van der Waals surface area (Å²) in [6.07, 6.45) is 10.2. The van der Waals surface area contributed by atoms with Gasteiger partial charge in [0, 0.05) is 6.92 Å². The van der Waals surface area contributed by atoms with Crippen molar-refractivity contribution in [1.82, 2.24) is 0 Å². The number of rotatable bonds is 8. The van der Waals surface area contributed by atoms with Gasteiger partial charge in [-0.1, -0.05) is 56.5 Å². The molecule has 0 aromatic heterocycles. The molecule has 0 aliphatic rings. The standard InChI is InChI=1S/C17H24O2/c1-3-4-5-6-8-16-10-12-17(13-11-16)9-7-14-19-15(2)18/h7,9-13H,3-6,8,14H2,1-2H3. The monoisotopic (exact) mass is 260 g/mol. The molecule has 2 heteroatoms. The number of ether oxygens (including phenoxy) is 1. The largest absolute Gasteiger partial charge is 0.462 e. The lowest BCUT2D eigenvalue weighted by Crippen LogP contribution is -1.97. The summed E-state index contributed by atoms with van der Waals surface area (Å²) in [5.41, 5.74) is 2.54. The molecule has 0 N–H and O–H groups in total. The first-order valence-electron chi connectivity index (χ1n) is 7.11. The fourth-order valence-electron chi connectivity index (χ4n) is 1.90. The van der Waals surface area contributed by atoms with Crippen molar-refractivity contribution < 1.29 is 9.53 Å². The van der Waals surface area contributed by atoms with Crippen LogP contribution in [0, 0.1) is 0 Å². The number of unbranched alkanes of at least 4 members (excludes halogenated alkanes) is 3. The molecule has 104 valence electrons. The second-order valence-corrected chi connectivity index (χ2v) is 4.76. The fourth-order valence-corrected chi connectivity index (χ4v) is 1.90. The Morgan fingerprint density at radius 2 is 1.89 bits per heavy atom. The summed E-state index contributed by atoms with van der Waals surface area (Å²) in [7, 11) is 0. The highest BCUT2D eigenvalue weighted by Gasteiger charge is 1.94. The van der Waals surface area contributed by atoms with E-state index in [2.05, 4.69) is 31.2 Å². The molecule has 19 heavy (non-hydrogen) atoms. The quantitative estimate of drug-likeness (QED) is 0.512. The number of carbonyl (C=O) groups excluding carboxylic acids is 1. The van der Waals surface area contributed by atoms with E-state index >= 15 is 0 Å². The third kappa shape index (κ3) is 7.45. The van der Waals surface area contributed by atoms with Crippen LogP contribution in [0.5, 0.6) is 0 Å². The van der Waals surface area contributed by atoms with Gasteiger partial charge in [0.1, 0.15) is 6.61 Å². The van der Waals surface area contributed by atoms with Gasteiger partial charge in [-0.05, 0) is 30.0 Å². The van der Waals surface area contributed by atoms with E-state index in [1.54, 1.807) is 0 Å². The minimum atomic E-state index is -0.243. The third-order valence-electron chi connectivity index (χ3n) is 2.99. The smallest absolute Gasteiger partial charge is 0.302 e. The van der Waals surface area contributed by atoms with Crippen molar-refractivity contribution in [1.29, 1.82) is 0 Å². The highest BCUT2D eigenvalue weighted by molar-refractivity contribution is 5.66. The predicted octanol–water partition coefficient (Wildman–Crippen LogP) is 4.39. The maximum atomic E-state index is 10.6. The van der Waals surface area contributed by atoms with Gasteiger partial charge in [-0.25, -0.2) is 0 Å². The molecular weight excluding hydrogens is 236 g/mol. The summed E-state index contributed by atoms with van der Waals surface area (Å²) in [6, 6.07) is 8.58. The molecule has 0 heterocycles. The molecule has 0 fully saturated rings. The van der Waals surface area contributed by atoms with Crippen molar-refractivity contribution >= 4 is 12.0 Å². The highest BCUT2D eigenvalue weighted by Crippen LogP contribution is 2.10. The summed E-state index contributed by atoms with van der Waals surface area (Å²) in [5, 5.41) is 0. The molecule has 1 rings (SSSR count). The van der Waals surface area contributed by atoms with E-state index in [9.17, 15) is 4.79 Å². The van der Waals surface area contributed by atoms with Crippen LogP contribution in [0.4, 0.5) is 0 Å². The van der Waals surface area contributed by atoms with Gasteiger partial charge in [0.25, 0.3) is 0 Å². The first-order valence-corrected chi connectivity index (χ1v) is 7.11. The predicted molar refractivity (Wildman–Crippen MR) is 80.0 cm³/mol. The van der Waals surface area contributed by atoms with Gasteiger partial charge in [0.05, 0.1) is 0 Å². The lowest BCUT2D eigenvalue weighted by atomic mass is 10.0. The van der Waals surface area contributed by atoms with Crippen LogP contribution >= 0.6 is 0 Å². The van der Waals surface area contributed by atoms with Crippen molar-refractivity contribution in [3.8, 4) is 0 Å². The molecule has 0 radical (unpaired) electrons. The van der Waals surface area contributed by atoms with Crippen LogP contribution in [0.3, 0.4) is 0 Å². The Bertz CT molecular complexity index is 390. The SMILES string of the molecule is CCCCCCc1ccc(C=CCOC(C)=O)cc1. The molecular formula is C17H24O2. The van der Waals surface area contributed by atoms with E-state index in [1.807, 2.05) is 12.2 Å². The average Bonchev–Trinajstić information content (AvgIpc) is 2.41. The lowest BCUT2D eigenvalue weighted by molar-refractivity contribution is -0.139. The first-order chi connectivity index (χ1) is 9.22. The Hall–Kier alpha value is -1.57. The highest BCUT2D eigenvalue weighted by atomic mass is 16.5. The molecule has 1 aromatic rings.